The predicted octanol–water partition coefficient (Wildman–Crippen LogP) is 1.49. The lowest BCUT2D eigenvalue weighted by molar-refractivity contribution is -0.124. The van der Waals surface area contributed by atoms with Crippen LogP contribution in [0.5, 0.6) is 0 Å². The third-order valence-electron chi connectivity index (χ3n) is 6.10. The maximum Gasteiger partial charge on any atom is 0.230 e. The SMILES string of the molecule is O=C(NC1CCN(C2CCS(=O)(=O)C2)CC1)C1(c2ccccc2)CC1. The Kier molecular flexibility index (Phi) is 4.36. The molecule has 3 fully saturated rings. The fraction of sp³-hybridized carbons (Fsp3) is 0.632. The molecule has 136 valence electrons. The van der Waals surface area contributed by atoms with Gasteiger partial charge in [-0.25, -0.2) is 8.42 Å². The number of benzene rings is 1. The average molecular weight is 362 g/mol. The van der Waals surface area contributed by atoms with Crippen molar-refractivity contribution in [2.45, 2.75) is 49.6 Å². The van der Waals surface area contributed by atoms with E-state index in [1.54, 1.807) is 0 Å². The Morgan fingerprint density at radius 3 is 2.32 bits per heavy atom. The molecule has 1 aliphatic carbocycles. The Bertz CT molecular complexity index is 735. The summed E-state index contributed by atoms with van der Waals surface area (Å²) in [5.74, 6) is 0.801. The van der Waals surface area contributed by atoms with E-state index in [2.05, 4.69) is 22.3 Å². The van der Waals surface area contributed by atoms with Crippen molar-refractivity contribution in [3.8, 4) is 0 Å². The minimum absolute atomic E-state index is 0.167. The molecule has 1 saturated carbocycles. The van der Waals surface area contributed by atoms with E-state index < -0.39 is 9.84 Å². The second-order valence-corrected chi connectivity index (χ2v) is 10.0. The summed E-state index contributed by atoms with van der Waals surface area (Å²) in [6.45, 7) is 1.76. The molecule has 0 bridgehead atoms. The molecule has 0 radical (unpaired) electrons. The first-order valence-electron chi connectivity index (χ1n) is 9.29. The number of amides is 1. The smallest absolute Gasteiger partial charge is 0.230 e. The molecule has 5 nitrogen and oxygen atoms in total. The molecule has 1 aromatic carbocycles. The van der Waals surface area contributed by atoms with Crippen molar-refractivity contribution in [3.05, 3.63) is 35.9 Å². The molecule has 2 aliphatic heterocycles. The van der Waals surface area contributed by atoms with E-state index in [1.807, 2.05) is 18.2 Å². The summed E-state index contributed by atoms with van der Waals surface area (Å²) in [7, 11) is -2.83. The first-order valence-corrected chi connectivity index (χ1v) is 11.1. The molecule has 1 amide bonds. The van der Waals surface area contributed by atoms with Crippen molar-refractivity contribution in [1.82, 2.24) is 10.2 Å². The number of hydrogen-bond acceptors (Lipinski definition) is 4. The van der Waals surface area contributed by atoms with Crippen LogP contribution >= 0.6 is 0 Å². The summed E-state index contributed by atoms with van der Waals surface area (Å²) in [4.78, 5) is 15.1. The first kappa shape index (κ1) is 17.0. The van der Waals surface area contributed by atoms with E-state index in [0.29, 0.717) is 11.5 Å². The highest BCUT2D eigenvalue weighted by atomic mass is 32.2. The summed E-state index contributed by atoms with van der Waals surface area (Å²) < 4.78 is 23.3. The molecular formula is C19H26N2O3S. The summed E-state index contributed by atoms with van der Waals surface area (Å²) in [6.07, 6.45) is 4.44. The molecule has 6 heteroatoms. The second kappa shape index (κ2) is 6.40. The van der Waals surface area contributed by atoms with E-state index in [0.717, 1.165) is 50.8 Å². The Morgan fingerprint density at radius 1 is 1.08 bits per heavy atom. The third-order valence-corrected chi connectivity index (χ3v) is 7.85. The zero-order valence-corrected chi connectivity index (χ0v) is 15.3. The van der Waals surface area contributed by atoms with Crippen LogP contribution in [0.15, 0.2) is 30.3 Å². The van der Waals surface area contributed by atoms with Crippen LogP contribution in [0.2, 0.25) is 0 Å². The third kappa shape index (κ3) is 3.47. The van der Waals surface area contributed by atoms with Crippen LogP contribution in [0, 0.1) is 0 Å². The van der Waals surface area contributed by atoms with Gasteiger partial charge in [-0.2, -0.15) is 0 Å². The van der Waals surface area contributed by atoms with Crippen LogP contribution in [0.1, 0.15) is 37.7 Å². The molecule has 25 heavy (non-hydrogen) atoms. The molecule has 0 spiro atoms. The number of likely N-dealkylation sites (tertiary alicyclic amines) is 1. The summed E-state index contributed by atoms with van der Waals surface area (Å²) in [5, 5.41) is 3.26. The van der Waals surface area contributed by atoms with Gasteiger partial charge < -0.3 is 5.32 Å². The quantitative estimate of drug-likeness (QED) is 0.881. The molecule has 1 unspecified atom stereocenters. The Labute approximate surface area is 149 Å². The van der Waals surface area contributed by atoms with E-state index >= 15 is 0 Å². The normalized spacial score (nSPS) is 28.6. The fourth-order valence-corrected chi connectivity index (χ4v) is 6.09. The number of nitrogens with zero attached hydrogens (tertiary/aromatic N) is 1. The molecule has 1 aromatic rings. The average Bonchev–Trinajstić information content (AvgIpc) is 3.35. The van der Waals surface area contributed by atoms with E-state index in [1.165, 1.54) is 0 Å². The highest BCUT2D eigenvalue weighted by Gasteiger charge is 2.51. The zero-order chi connectivity index (χ0) is 17.5. The van der Waals surface area contributed by atoms with Gasteiger partial charge in [-0.1, -0.05) is 30.3 Å². The van der Waals surface area contributed by atoms with Crippen molar-refractivity contribution in [2.24, 2.45) is 0 Å². The van der Waals surface area contributed by atoms with Gasteiger partial charge in [0.15, 0.2) is 9.84 Å². The lowest BCUT2D eigenvalue weighted by atomic mass is 9.93. The molecule has 1 N–H and O–H groups in total. The Morgan fingerprint density at radius 2 is 1.76 bits per heavy atom. The monoisotopic (exact) mass is 362 g/mol. The minimum Gasteiger partial charge on any atom is -0.353 e. The minimum atomic E-state index is -2.83. The largest absolute Gasteiger partial charge is 0.353 e. The van der Waals surface area contributed by atoms with Crippen molar-refractivity contribution in [2.75, 3.05) is 24.6 Å². The van der Waals surface area contributed by atoms with Crippen LogP contribution < -0.4 is 5.32 Å². The summed E-state index contributed by atoms with van der Waals surface area (Å²) >= 11 is 0. The van der Waals surface area contributed by atoms with E-state index in [4.69, 9.17) is 0 Å². The highest BCUT2D eigenvalue weighted by Crippen LogP contribution is 2.48. The zero-order valence-electron chi connectivity index (χ0n) is 14.5. The van der Waals surface area contributed by atoms with Gasteiger partial charge in [0.05, 0.1) is 16.9 Å². The van der Waals surface area contributed by atoms with Crippen LogP contribution in [0.25, 0.3) is 0 Å². The van der Waals surface area contributed by atoms with Crippen LogP contribution in [0.3, 0.4) is 0 Å². The number of nitrogens with one attached hydrogen (secondary N) is 1. The van der Waals surface area contributed by atoms with E-state index in [-0.39, 0.29) is 23.4 Å². The van der Waals surface area contributed by atoms with Crippen molar-refractivity contribution in [1.29, 1.82) is 0 Å². The van der Waals surface area contributed by atoms with Crippen molar-refractivity contribution >= 4 is 15.7 Å². The molecule has 2 heterocycles. The Balaban J connectivity index is 1.31. The van der Waals surface area contributed by atoms with Gasteiger partial charge in [-0.3, -0.25) is 9.69 Å². The summed E-state index contributed by atoms with van der Waals surface area (Å²) in [5.41, 5.74) is 0.818. The maximum atomic E-state index is 12.8. The number of rotatable bonds is 4. The summed E-state index contributed by atoms with van der Waals surface area (Å²) in [6, 6.07) is 10.5. The maximum absolute atomic E-state index is 12.8. The van der Waals surface area contributed by atoms with Gasteiger partial charge in [-0.05, 0) is 37.7 Å². The molecule has 1 atom stereocenters. The Hall–Kier alpha value is -1.40. The van der Waals surface area contributed by atoms with Gasteiger partial charge in [0.2, 0.25) is 5.91 Å². The van der Waals surface area contributed by atoms with Crippen LogP contribution in [-0.2, 0) is 20.0 Å². The predicted molar refractivity (Wildman–Crippen MR) is 97.2 cm³/mol. The number of sulfone groups is 1. The van der Waals surface area contributed by atoms with Crippen LogP contribution in [0.4, 0.5) is 0 Å². The number of piperidine rings is 1. The molecule has 3 aliphatic rings. The molecular weight excluding hydrogens is 336 g/mol. The molecule has 0 aromatic heterocycles. The fourth-order valence-electron chi connectivity index (χ4n) is 4.32. The number of hydrogen-bond donors (Lipinski definition) is 1. The topological polar surface area (TPSA) is 66.5 Å². The second-order valence-electron chi connectivity index (χ2n) is 7.79. The van der Waals surface area contributed by atoms with Gasteiger partial charge in [0, 0.05) is 25.2 Å². The van der Waals surface area contributed by atoms with Crippen molar-refractivity contribution in [3.63, 3.8) is 0 Å². The standard InChI is InChI=1S/C19H26N2O3S/c22-18(19(9-10-19)15-4-2-1-3-5-15)20-16-6-11-21(12-7-16)17-8-13-25(23,24)14-17/h1-5,16-17H,6-14H2,(H,20,22). The molecule has 2 saturated heterocycles. The van der Waals surface area contributed by atoms with Crippen molar-refractivity contribution < 1.29 is 13.2 Å². The van der Waals surface area contributed by atoms with E-state index in [9.17, 15) is 13.2 Å². The van der Waals surface area contributed by atoms with Gasteiger partial charge in [0.1, 0.15) is 0 Å². The number of carbonyl (C=O) groups excluding carboxylic acids is 1. The van der Waals surface area contributed by atoms with Gasteiger partial charge in [0.25, 0.3) is 0 Å². The first-order chi connectivity index (χ1) is 12.0. The lowest BCUT2D eigenvalue weighted by Gasteiger charge is -2.36. The van der Waals surface area contributed by atoms with Crippen LogP contribution in [-0.4, -0.2) is 55.9 Å². The highest BCUT2D eigenvalue weighted by molar-refractivity contribution is 7.91. The molecule has 4 rings (SSSR count). The van der Waals surface area contributed by atoms with Gasteiger partial charge >= 0.3 is 0 Å². The lowest BCUT2D eigenvalue weighted by Crippen LogP contribution is -2.50. The number of carbonyl (C=O) groups is 1. The van der Waals surface area contributed by atoms with Gasteiger partial charge in [-0.15, -0.1) is 0 Å².